The molecular formula is C16H19N3O5S. The number of para-hydroxylation sites is 1. The van der Waals surface area contributed by atoms with Gasteiger partial charge in [-0.05, 0) is 18.1 Å². The summed E-state index contributed by atoms with van der Waals surface area (Å²) in [6, 6.07) is 6.35. The lowest BCUT2D eigenvalue weighted by Crippen LogP contribution is -2.46. The molecule has 8 nitrogen and oxygen atoms in total. The molecule has 1 aromatic heterocycles. The Bertz CT molecular complexity index is 905. The lowest BCUT2D eigenvalue weighted by molar-refractivity contribution is -0.141. The summed E-state index contributed by atoms with van der Waals surface area (Å²) < 4.78 is 24.6. The molecule has 9 heteroatoms. The summed E-state index contributed by atoms with van der Waals surface area (Å²) in [6.07, 6.45) is 2.31. The second kappa shape index (κ2) is 6.85. The Kier molecular flexibility index (Phi) is 4.78. The molecule has 1 atom stereocenters. The largest absolute Gasteiger partial charge is 0.480 e. The number of hydrogen-bond acceptors (Lipinski definition) is 4. The fourth-order valence-electron chi connectivity index (χ4n) is 2.99. The van der Waals surface area contributed by atoms with Gasteiger partial charge in [0.05, 0.1) is 12.3 Å². The van der Waals surface area contributed by atoms with Gasteiger partial charge in [0.2, 0.25) is 15.9 Å². The van der Waals surface area contributed by atoms with Crippen LogP contribution in [0, 0.1) is 0 Å². The predicted octanol–water partition coefficient (Wildman–Crippen LogP) is 0.315. The molecule has 2 aromatic rings. The van der Waals surface area contributed by atoms with Crippen LogP contribution in [0.2, 0.25) is 0 Å². The average Bonchev–Trinajstić information content (AvgIpc) is 3.10. The maximum absolute atomic E-state index is 12.1. The number of fused-ring (bicyclic) bond motifs is 1. The molecule has 134 valence electrons. The van der Waals surface area contributed by atoms with E-state index in [2.05, 4.69) is 10.3 Å². The molecule has 1 fully saturated rings. The van der Waals surface area contributed by atoms with Crippen molar-refractivity contribution in [3.8, 4) is 0 Å². The van der Waals surface area contributed by atoms with E-state index in [0.717, 1.165) is 20.8 Å². The molecule has 1 aliphatic heterocycles. The summed E-state index contributed by atoms with van der Waals surface area (Å²) in [5.74, 6) is -1.75. The van der Waals surface area contributed by atoms with Crippen molar-refractivity contribution in [1.82, 2.24) is 14.6 Å². The molecule has 3 rings (SSSR count). The van der Waals surface area contributed by atoms with E-state index >= 15 is 0 Å². The minimum absolute atomic E-state index is 0.0258. The highest BCUT2D eigenvalue weighted by Gasteiger charge is 2.31. The molecule has 0 bridgehead atoms. The molecule has 1 saturated heterocycles. The van der Waals surface area contributed by atoms with E-state index < -0.39 is 27.9 Å². The summed E-state index contributed by atoms with van der Waals surface area (Å²) in [7, 11) is -3.40. The molecule has 1 aliphatic rings. The molecule has 0 spiro atoms. The molecular weight excluding hydrogens is 346 g/mol. The number of aliphatic carboxylic acids is 1. The Morgan fingerprint density at radius 1 is 1.32 bits per heavy atom. The third kappa shape index (κ3) is 3.83. The minimum atomic E-state index is -3.40. The number of carbonyl (C=O) groups is 2. The van der Waals surface area contributed by atoms with Crippen molar-refractivity contribution in [3.05, 3.63) is 36.0 Å². The Morgan fingerprint density at radius 2 is 2.08 bits per heavy atom. The van der Waals surface area contributed by atoms with Gasteiger partial charge in [0.15, 0.2) is 0 Å². The molecule has 2 heterocycles. The first-order valence-corrected chi connectivity index (χ1v) is 9.53. The van der Waals surface area contributed by atoms with Crippen LogP contribution >= 0.6 is 0 Å². The first-order chi connectivity index (χ1) is 11.9. The van der Waals surface area contributed by atoms with Crippen LogP contribution in [0.4, 0.5) is 0 Å². The monoisotopic (exact) mass is 365 g/mol. The van der Waals surface area contributed by atoms with E-state index in [0.29, 0.717) is 6.42 Å². The second-order valence-corrected chi connectivity index (χ2v) is 8.11. The fraction of sp³-hybridized carbons (Fsp3) is 0.375. The van der Waals surface area contributed by atoms with Crippen LogP contribution < -0.4 is 5.32 Å². The van der Waals surface area contributed by atoms with E-state index in [1.165, 1.54) is 0 Å². The third-order valence-electron chi connectivity index (χ3n) is 4.26. The van der Waals surface area contributed by atoms with Crippen molar-refractivity contribution < 1.29 is 23.1 Å². The Labute approximate surface area is 144 Å². The third-order valence-corrected chi connectivity index (χ3v) is 6.16. The summed E-state index contributed by atoms with van der Waals surface area (Å²) in [5.41, 5.74) is 1.66. The van der Waals surface area contributed by atoms with Gasteiger partial charge in [-0.1, -0.05) is 18.2 Å². The number of carbonyl (C=O) groups excluding carboxylic acids is 1. The summed E-state index contributed by atoms with van der Waals surface area (Å²) in [5, 5.41) is 12.7. The highest BCUT2D eigenvalue weighted by Crippen LogP contribution is 2.19. The molecule has 25 heavy (non-hydrogen) atoms. The zero-order valence-corrected chi connectivity index (χ0v) is 14.3. The standard InChI is InChI=1S/C16H19N3O5S/c20-15(10-19-6-3-7-25(19,23)24)18-14(16(21)22)8-11-9-17-13-5-2-1-4-12(11)13/h1-2,4-5,9,14,17H,3,6-8,10H2,(H,18,20)(H,21,22). The van der Waals surface area contributed by atoms with Crippen molar-refractivity contribution in [2.75, 3.05) is 18.8 Å². The van der Waals surface area contributed by atoms with Gasteiger partial charge in [0, 0.05) is 30.1 Å². The maximum atomic E-state index is 12.1. The molecule has 0 radical (unpaired) electrons. The molecule has 0 saturated carbocycles. The van der Waals surface area contributed by atoms with Gasteiger partial charge in [-0.25, -0.2) is 13.2 Å². The summed E-state index contributed by atoms with van der Waals surface area (Å²) in [4.78, 5) is 26.7. The van der Waals surface area contributed by atoms with E-state index in [1.54, 1.807) is 6.20 Å². The number of benzene rings is 1. The quantitative estimate of drug-likeness (QED) is 0.681. The lowest BCUT2D eigenvalue weighted by Gasteiger charge is -2.17. The van der Waals surface area contributed by atoms with Gasteiger partial charge in [0.25, 0.3) is 0 Å². The minimum Gasteiger partial charge on any atom is -0.480 e. The number of amides is 1. The number of H-pyrrole nitrogens is 1. The number of rotatable bonds is 6. The first-order valence-electron chi connectivity index (χ1n) is 7.92. The van der Waals surface area contributed by atoms with E-state index in [9.17, 15) is 23.1 Å². The van der Waals surface area contributed by atoms with Crippen LogP contribution in [-0.4, -0.2) is 59.6 Å². The summed E-state index contributed by atoms with van der Waals surface area (Å²) >= 11 is 0. The number of carboxylic acid groups (broad SMARTS) is 1. The topological polar surface area (TPSA) is 120 Å². The number of carboxylic acids is 1. The van der Waals surface area contributed by atoms with E-state index in [1.807, 2.05) is 24.3 Å². The number of aromatic amines is 1. The zero-order valence-electron chi connectivity index (χ0n) is 13.4. The lowest BCUT2D eigenvalue weighted by atomic mass is 10.1. The van der Waals surface area contributed by atoms with Crippen LogP contribution in [-0.2, 0) is 26.0 Å². The molecule has 3 N–H and O–H groups in total. The molecule has 1 amide bonds. The molecule has 1 aromatic carbocycles. The Hall–Kier alpha value is -2.39. The first kappa shape index (κ1) is 17.4. The van der Waals surface area contributed by atoms with Crippen molar-refractivity contribution in [1.29, 1.82) is 0 Å². The van der Waals surface area contributed by atoms with Crippen LogP contribution in [0.25, 0.3) is 10.9 Å². The smallest absolute Gasteiger partial charge is 0.326 e. The van der Waals surface area contributed by atoms with Gasteiger partial charge < -0.3 is 15.4 Å². The maximum Gasteiger partial charge on any atom is 0.326 e. The molecule has 1 unspecified atom stereocenters. The Balaban J connectivity index is 1.69. The van der Waals surface area contributed by atoms with Crippen molar-refractivity contribution in [2.45, 2.75) is 18.9 Å². The number of hydrogen-bond donors (Lipinski definition) is 3. The normalized spacial score (nSPS) is 18.2. The second-order valence-electron chi connectivity index (χ2n) is 6.03. The van der Waals surface area contributed by atoms with Gasteiger partial charge in [-0.3, -0.25) is 4.79 Å². The fourth-order valence-corrected chi connectivity index (χ4v) is 4.46. The number of nitrogens with one attached hydrogen (secondary N) is 2. The van der Waals surface area contributed by atoms with E-state index in [4.69, 9.17) is 0 Å². The van der Waals surface area contributed by atoms with Crippen molar-refractivity contribution in [3.63, 3.8) is 0 Å². The van der Waals surface area contributed by atoms with Gasteiger partial charge >= 0.3 is 5.97 Å². The highest BCUT2D eigenvalue weighted by molar-refractivity contribution is 7.89. The van der Waals surface area contributed by atoms with Crippen LogP contribution in [0.15, 0.2) is 30.5 Å². The van der Waals surface area contributed by atoms with Crippen molar-refractivity contribution >= 4 is 32.8 Å². The zero-order chi connectivity index (χ0) is 18.0. The van der Waals surface area contributed by atoms with Gasteiger partial charge in [0.1, 0.15) is 6.04 Å². The van der Waals surface area contributed by atoms with Crippen molar-refractivity contribution in [2.24, 2.45) is 0 Å². The predicted molar refractivity (Wildman–Crippen MR) is 91.5 cm³/mol. The Morgan fingerprint density at radius 3 is 2.76 bits per heavy atom. The molecule has 0 aliphatic carbocycles. The number of sulfonamides is 1. The number of aromatic nitrogens is 1. The van der Waals surface area contributed by atoms with Crippen LogP contribution in [0.1, 0.15) is 12.0 Å². The number of nitrogens with zero attached hydrogens (tertiary/aromatic N) is 1. The average molecular weight is 365 g/mol. The van der Waals surface area contributed by atoms with Gasteiger partial charge in [-0.15, -0.1) is 0 Å². The highest BCUT2D eigenvalue weighted by atomic mass is 32.2. The SMILES string of the molecule is O=C(CN1CCCS1(=O)=O)NC(Cc1c[nH]c2ccccc12)C(=O)O. The van der Waals surface area contributed by atoms with E-state index in [-0.39, 0.29) is 25.3 Å². The summed E-state index contributed by atoms with van der Waals surface area (Å²) in [6.45, 7) is -0.0596. The van der Waals surface area contributed by atoms with Crippen LogP contribution in [0.3, 0.4) is 0 Å². The van der Waals surface area contributed by atoms with Crippen LogP contribution in [0.5, 0.6) is 0 Å². The van der Waals surface area contributed by atoms with Gasteiger partial charge in [-0.2, -0.15) is 4.31 Å².